The van der Waals surface area contributed by atoms with Crippen LogP contribution in [0.4, 0.5) is 0 Å². The Morgan fingerprint density at radius 3 is 2.35 bits per heavy atom. The second-order valence-corrected chi connectivity index (χ2v) is 4.28. The van der Waals surface area contributed by atoms with Gasteiger partial charge in [0.2, 0.25) is 0 Å². The molecule has 0 saturated carbocycles. The van der Waals surface area contributed by atoms with Gasteiger partial charge in [0.25, 0.3) is 0 Å². The van der Waals surface area contributed by atoms with E-state index in [1.807, 2.05) is 39.0 Å². The molecule has 2 heteroatoms. The summed E-state index contributed by atoms with van der Waals surface area (Å²) < 4.78 is 5.86. The highest BCUT2D eigenvalue weighted by Crippen LogP contribution is 2.27. The quantitative estimate of drug-likeness (QED) is 0.663. The standard InChI is InChI=1S/C13H19ClO.C2H6/c1-4-6-11(5-2)15-13-8-7-10(3)9-12(13)14;1-2/h7-9,11H,4-6H2,1-3H3;1-2H3. The zero-order chi connectivity index (χ0) is 13.3. The molecule has 0 aromatic heterocycles. The van der Waals surface area contributed by atoms with Crippen LogP contribution < -0.4 is 4.74 Å². The van der Waals surface area contributed by atoms with E-state index in [4.69, 9.17) is 16.3 Å². The van der Waals surface area contributed by atoms with Gasteiger partial charge < -0.3 is 4.74 Å². The molecule has 1 atom stereocenters. The zero-order valence-corrected chi connectivity index (χ0v) is 12.5. The van der Waals surface area contributed by atoms with Gasteiger partial charge in [-0.1, -0.05) is 51.8 Å². The van der Waals surface area contributed by atoms with Crippen molar-refractivity contribution in [2.75, 3.05) is 0 Å². The molecule has 0 N–H and O–H groups in total. The van der Waals surface area contributed by atoms with Crippen molar-refractivity contribution in [2.45, 2.75) is 60.0 Å². The maximum atomic E-state index is 6.11. The topological polar surface area (TPSA) is 9.23 Å². The number of rotatable bonds is 5. The fraction of sp³-hybridized carbons (Fsp3) is 0.600. The average Bonchev–Trinajstić information content (AvgIpc) is 2.34. The maximum absolute atomic E-state index is 6.11. The summed E-state index contributed by atoms with van der Waals surface area (Å²) in [5, 5.41) is 0.713. The first-order valence-electron chi connectivity index (χ1n) is 6.60. The zero-order valence-electron chi connectivity index (χ0n) is 11.7. The van der Waals surface area contributed by atoms with Gasteiger partial charge in [0.1, 0.15) is 5.75 Å². The number of ether oxygens (including phenoxy) is 1. The largest absolute Gasteiger partial charge is 0.489 e. The van der Waals surface area contributed by atoms with Crippen LogP contribution in [0.5, 0.6) is 5.75 Å². The molecule has 0 spiro atoms. The van der Waals surface area contributed by atoms with E-state index in [2.05, 4.69) is 13.8 Å². The molecular weight excluding hydrogens is 232 g/mol. The predicted molar refractivity (Wildman–Crippen MR) is 77.2 cm³/mol. The molecule has 0 aliphatic heterocycles. The summed E-state index contributed by atoms with van der Waals surface area (Å²) in [5.74, 6) is 0.808. The van der Waals surface area contributed by atoms with E-state index in [1.54, 1.807) is 0 Å². The first kappa shape index (κ1) is 16.3. The highest BCUT2D eigenvalue weighted by Gasteiger charge is 2.09. The molecule has 0 saturated heterocycles. The van der Waals surface area contributed by atoms with Gasteiger partial charge in [-0.25, -0.2) is 0 Å². The second-order valence-electron chi connectivity index (χ2n) is 3.87. The van der Waals surface area contributed by atoms with Gasteiger partial charge >= 0.3 is 0 Å². The van der Waals surface area contributed by atoms with Crippen LogP contribution in [0.1, 0.15) is 52.5 Å². The third-order valence-electron chi connectivity index (χ3n) is 2.45. The minimum atomic E-state index is 0.287. The Bertz CT molecular complexity index is 310. The summed E-state index contributed by atoms with van der Waals surface area (Å²) in [6.07, 6.45) is 3.54. The fourth-order valence-electron chi connectivity index (χ4n) is 1.55. The Hall–Kier alpha value is -0.690. The third kappa shape index (κ3) is 5.97. The van der Waals surface area contributed by atoms with Crippen molar-refractivity contribution >= 4 is 11.6 Å². The van der Waals surface area contributed by atoms with E-state index >= 15 is 0 Å². The lowest BCUT2D eigenvalue weighted by molar-refractivity contribution is 0.186. The number of aryl methyl sites for hydroxylation is 1. The van der Waals surface area contributed by atoms with E-state index in [9.17, 15) is 0 Å². The van der Waals surface area contributed by atoms with Crippen LogP contribution in [-0.4, -0.2) is 6.10 Å². The molecule has 0 heterocycles. The molecular formula is C15H25ClO. The van der Waals surface area contributed by atoms with Crippen molar-refractivity contribution < 1.29 is 4.74 Å². The fourth-order valence-corrected chi connectivity index (χ4v) is 1.83. The minimum Gasteiger partial charge on any atom is -0.489 e. The summed E-state index contributed by atoms with van der Waals surface area (Å²) in [6.45, 7) is 10.3. The molecule has 98 valence electrons. The van der Waals surface area contributed by atoms with Crippen molar-refractivity contribution in [3.05, 3.63) is 28.8 Å². The summed E-state index contributed by atoms with van der Waals surface area (Å²) in [6, 6.07) is 5.92. The van der Waals surface area contributed by atoms with Crippen LogP contribution in [0.3, 0.4) is 0 Å². The first-order valence-corrected chi connectivity index (χ1v) is 6.98. The smallest absolute Gasteiger partial charge is 0.138 e. The summed E-state index contributed by atoms with van der Waals surface area (Å²) in [7, 11) is 0. The van der Waals surface area contributed by atoms with E-state index in [-0.39, 0.29) is 6.10 Å². The van der Waals surface area contributed by atoms with Gasteiger partial charge in [0.05, 0.1) is 11.1 Å². The van der Waals surface area contributed by atoms with Gasteiger partial charge in [0, 0.05) is 0 Å². The Morgan fingerprint density at radius 1 is 1.24 bits per heavy atom. The predicted octanol–water partition coefficient (Wildman–Crippen LogP) is 5.63. The molecule has 0 aliphatic carbocycles. The molecule has 0 amide bonds. The molecule has 0 aliphatic rings. The van der Waals surface area contributed by atoms with E-state index in [0.29, 0.717) is 5.02 Å². The molecule has 0 radical (unpaired) electrons. The number of halogens is 1. The van der Waals surface area contributed by atoms with Crippen LogP contribution in [0, 0.1) is 6.92 Å². The minimum absolute atomic E-state index is 0.287. The van der Waals surface area contributed by atoms with Crippen molar-refractivity contribution in [2.24, 2.45) is 0 Å². The SMILES string of the molecule is CC.CCCC(CC)Oc1ccc(C)cc1Cl. The second kappa shape index (κ2) is 9.35. The first-order chi connectivity index (χ1) is 8.17. The van der Waals surface area contributed by atoms with Crippen molar-refractivity contribution in [3.63, 3.8) is 0 Å². The van der Waals surface area contributed by atoms with Gasteiger partial charge in [-0.3, -0.25) is 0 Å². The van der Waals surface area contributed by atoms with Gasteiger partial charge in [-0.15, -0.1) is 0 Å². The molecule has 1 unspecified atom stereocenters. The van der Waals surface area contributed by atoms with Gasteiger partial charge in [-0.2, -0.15) is 0 Å². The summed E-state index contributed by atoms with van der Waals surface area (Å²) in [5.41, 5.74) is 1.16. The normalized spacial score (nSPS) is 11.4. The highest BCUT2D eigenvalue weighted by molar-refractivity contribution is 6.32. The Labute approximate surface area is 111 Å². The van der Waals surface area contributed by atoms with Gasteiger partial charge in [-0.05, 0) is 37.5 Å². The van der Waals surface area contributed by atoms with Crippen LogP contribution >= 0.6 is 11.6 Å². The van der Waals surface area contributed by atoms with Crippen LogP contribution in [-0.2, 0) is 0 Å². The van der Waals surface area contributed by atoms with E-state index in [0.717, 1.165) is 30.6 Å². The average molecular weight is 257 g/mol. The lowest BCUT2D eigenvalue weighted by Crippen LogP contribution is -2.14. The van der Waals surface area contributed by atoms with Crippen LogP contribution in [0.2, 0.25) is 5.02 Å². The van der Waals surface area contributed by atoms with Crippen molar-refractivity contribution in [3.8, 4) is 5.75 Å². The molecule has 0 fully saturated rings. The lowest BCUT2D eigenvalue weighted by atomic mass is 10.1. The Balaban J connectivity index is 0.00000121. The van der Waals surface area contributed by atoms with Crippen molar-refractivity contribution in [1.82, 2.24) is 0 Å². The lowest BCUT2D eigenvalue weighted by Gasteiger charge is -2.17. The maximum Gasteiger partial charge on any atom is 0.138 e. The molecule has 1 nitrogen and oxygen atoms in total. The number of hydrogen-bond donors (Lipinski definition) is 0. The van der Waals surface area contributed by atoms with Crippen LogP contribution in [0.25, 0.3) is 0 Å². The highest BCUT2D eigenvalue weighted by atomic mass is 35.5. The molecule has 0 bridgehead atoms. The Morgan fingerprint density at radius 2 is 1.88 bits per heavy atom. The number of hydrogen-bond acceptors (Lipinski definition) is 1. The molecule has 1 aromatic rings. The molecule has 1 aromatic carbocycles. The van der Waals surface area contributed by atoms with E-state index < -0.39 is 0 Å². The molecule has 1 rings (SSSR count). The van der Waals surface area contributed by atoms with E-state index in [1.165, 1.54) is 0 Å². The molecule has 17 heavy (non-hydrogen) atoms. The Kier molecular flexibility index (Phi) is 8.97. The monoisotopic (exact) mass is 256 g/mol. The van der Waals surface area contributed by atoms with Gasteiger partial charge in [0.15, 0.2) is 0 Å². The third-order valence-corrected chi connectivity index (χ3v) is 2.74. The van der Waals surface area contributed by atoms with Crippen molar-refractivity contribution in [1.29, 1.82) is 0 Å². The summed E-state index contributed by atoms with van der Waals surface area (Å²) in [4.78, 5) is 0. The van der Waals surface area contributed by atoms with Crippen LogP contribution in [0.15, 0.2) is 18.2 Å². The number of benzene rings is 1. The summed E-state index contributed by atoms with van der Waals surface area (Å²) >= 11 is 6.11.